The van der Waals surface area contributed by atoms with E-state index in [-0.39, 0.29) is 0 Å². The zero-order chi connectivity index (χ0) is 13.0. The van der Waals surface area contributed by atoms with E-state index in [4.69, 9.17) is 0 Å². The van der Waals surface area contributed by atoms with Crippen molar-refractivity contribution in [2.75, 3.05) is 24.5 Å². The summed E-state index contributed by atoms with van der Waals surface area (Å²) >= 11 is 0. The van der Waals surface area contributed by atoms with Crippen LogP contribution in [0.2, 0.25) is 0 Å². The van der Waals surface area contributed by atoms with E-state index in [2.05, 4.69) is 54.9 Å². The molecule has 1 aromatic rings. The molecule has 1 N–H and O–H groups in total. The molecule has 98 valence electrons. The minimum Gasteiger partial charge on any atom is -0.364 e. The molecule has 1 unspecified atom stereocenters. The number of benzene rings is 1. The van der Waals surface area contributed by atoms with Crippen LogP contribution >= 0.6 is 0 Å². The molecule has 0 aliphatic carbocycles. The molecule has 0 spiro atoms. The highest BCUT2D eigenvalue weighted by Gasteiger charge is 2.25. The van der Waals surface area contributed by atoms with Crippen LogP contribution in [0.5, 0.6) is 0 Å². The summed E-state index contributed by atoms with van der Waals surface area (Å²) in [4.78, 5) is 2.48. The van der Waals surface area contributed by atoms with Crippen LogP contribution in [0.25, 0.3) is 0 Å². The highest BCUT2D eigenvalue weighted by atomic mass is 15.2. The first-order chi connectivity index (χ1) is 8.72. The second-order valence-corrected chi connectivity index (χ2v) is 5.24. The average Bonchev–Trinajstić information content (AvgIpc) is 2.67. The van der Waals surface area contributed by atoms with Crippen LogP contribution in [-0.4, -0.2) is 25.7 Å². The van der Waals surface area contributed by atoms with Crippen molar-refractivity contribution in [3.63, 3.8) is 0 Å². The van der Waals surface area contributed by atoms with E-state index < -0.39 is 0 Å². The van der Waals surface area contributed by atoms with E-state index in [1.807, 2.05) is 0 Å². The van der Waals surface area contributed by atoms with Gasteiger partial charge in [-0.3, -0.25) is 0 Å². The number of rotatable bonds is 6. The molecule has 1 heterocycles. The van der Waals surface area contributed by atoms with Crippen LogP contribution in [0.15, 0.2) is 36.4 Å². The number of nitrogens with zero attached hydrogens (tertiary/aromatic N) is 1. The zero-order valence-corrected chi connectivity index (χ0v) is 11.6. The van der Waals surface area contributed by atoms with Crippen molar-refractivity contribution >= 4 is 5.69 Å². The lowest BCUT2D eigenvalue weighted by Gasteiger charge is -2.26. The average molecular weight is 244 g/mol. The summed E-state index contributed by atoms with van der Waals surface area (Å²) in [5.41, 5.74) is 4.13. The highest BCUT2D eigenvalue weighted by Crippen LogP contribution is 2.31. The van der Waals surface area contributed by atoms with Gasteiger partial charge in [-0.15, -0.1) is 0 Å². The molecule has 0 amide bonds. The summed E-state index contributed by atoms with van der Waals surface area (Å²) in [6.45, 7) is 11.7. The van der Waals surface area contributed by atoms with E-state index >= 15 is 0 Å². The molecule has 0 bridgehead atoms. The quantitative estimate of drug-likeness (QED) is 0.611. The molecule has 2 rings (SSSR count). The molecule has 2 nitrogen and oxygen atoms in total. The molecule has 0 radical (unpaired) electrons. The van der Waals surface area contributed by atoms with Crippen molar-refractivity contribution in [2.45, 2.75) is 32.7 Å². The summed E-state index contributed by atoms with van der Waals surface area (Å²) in [5.74, 6) is 0. The third kappa shape index (κ3) is 2.94. The molecule has 0 aromatic heterocycles. The molecule has 1 aliphatic rings. The smallest absolute Gasteiger partial charge is 0.0404 e. The van der Waals surface area contributed by atoms with Gasteiger partial charge in [0.2, 0.25) is 0 Å². The van der Waals surface area contributed by atoms with Gasteiger partial charge < -0.3 is 10.2 Å². The lowest BCUT2D eigenvalue weighted by atomic mass is 10.1. The van der Waals surface area contributed by atoms with Crippen LogP contribution in [0, 0.1) is 0 Å². The maximum atomic E-state index is 4.19. The van der Waals surface area contributed by atoms with Crippen molar-refractivity contribution in [1.29, 1.82) is 0 Å². The van der Waals surface area contributed by atoms with Gasteiger partial charge >= 0.3 is 0 Å². The van der Waals surface area contributed by atoms with Crippen molar-refractivity contribution in [3.05, 3.63) is 42.0 Å². The summed E-state index contributed by atoms with van der Waals surface area (Å²) in [7, 11) is 0. The van der Waals surface area contributed by atoms with Gasteiger partial charge in [-0.1, -0.05) is 31.7 Å². The lowest BCUT2D eigenvalue weighted by molar-refractivity contribution is 0.666. The Morgan fingerprint density at radius 2 is 2.22 bits per heavy atom. The Balaban J connectivity index is 1.95. The first-order valence-corrected chi connectivity index (χ1v) is 6.94. The third-order valence-electron chi connectivity index (χ3n) is 3.54. The van der Waals surface area contributed by atoms with E-state index in [9.17, 15) is 0 Å². The topological polar surface area (TPSA) is 15.3 Å². The summed E-state index contributed by atoms with van der Waals surface area (Å²) < 4.78 is 0. The van der Waals surface area contributed by atoms with Gasteiger partial charge in [0.15, 0.2) is 0 Å². The SMILES string of the molecule is C=C(CNCCC)CN1c2ccccc2CC1C. The van der Waals surface area contributed by atoms with E-state index in [0.29, 0.717) is 6.04 Å². The number of para-hydroxylation sites is 1. The van der Waals surface area contributed by atoms with Gasteiger partial charge in [-0.25, -0.2) is 0 Å². The standard InChI is InChI=1S/C16H24N2/c1-4-9-17-11-13(2)12-18-14(3)10-15-7-5-6-8-16(15)18/h5-8,14,17H,2,4,9-12H2,1,3H3. The van der Waals surface area contributed by atoms with Crippen LogP contribution in [-0.2, 0) is 6.42 Å². The van der Waals surface area contributed by atoms with E-state index in [1.165, 1.54) is 23.2 Å². The van der Waals surface area contributed by atoms with E-state index in [0.717, 1.165) is 26.1 Å². The number of fused-ring (bicyclic) bond motifs is 1. The molecule has 1 aliphatic heterocycles. The second-order valence-electron chi connectivity index (χ2n) is 5.24. The Labute approximate surface area is 111 Å². The fourth-order valence-corrected chi connectivity index (χ4v) is 2.61. The highest BCUT2D eigenvalue weighted by molar-refractivity contribution is 5.59. The molecular formula is C16H24N2. The Hall–Kier alpha value is -1.28. The van der Waals surface area contributed by atoms with Gasteiger partial charge in [0, 0.05) is 24.8 Å². The fraction of sp³-hybridized carbons (Fsp3) is 0.500. The van der Waals surface area contributed by atoms with Gasteiger partial charge in [0.05, 0.1) is 0 Å². The van der Waals surface area contributed by atoms with Gasteiger partial charge in [-0.2, -0.15) is 0 Å². The first kappa shape index (κ1) is 13.2. The summed E-state index contributed by atoms with van der Waals surface area (Å²) in [6.07, 6.45) is 2.34. The Morgan fingerprint density at radius 3 is 3.00 bits per heavy atom. The summed E-state index contributed by atoms with van der Waals surface area (Å²) in [5, 5.41) is 3.42. The van der Waals surface area contributed by atoms with E-state index in [1.54, 1.807) is 0 Å². The molecule has 1 aromatic carbocycles. The molecule has 2 heteroatoms. The van der Waals surface area contributed by atoms with Crippen LogP contribution in [0.3, 0.4) is 0 Å². The lowest BCUT2D eigenvalue weighted by Crippen LogP contribution is -2.33. The number of anilines is 1. The summed E-state index contributed by atoms with van der Waals surface area (Å²) in [6, 6.07) is 9.31. The van der Waals surface area contributed by atoms with Gasteiger partial charge in [-0.05, 0) is 43.5 Å². The van der Waals surface area contributed by atoms with Crippen LogP contribution < -0.4 is 10.2 Å². The molecule has 0 saturated heterocycles. The number of hydrogen-bond donors (Lipinski definition) is 1. The van der Waals surface area contributed by atoms with Crippen molar-refractivity contribution in [2.24, 2.45) is 0 Å². The van der Waals surface area contributed by atoms with Crippen molar-refractivity contribution in [3.8, 4) is 0 Å². The predicted molar refractivity (Wildman–Crippen MR) is 79.3 cm³/mol. The Morgan fingerprint density at radius 1 is 1.44 bits per heavy atom. The third-order valence-corrected chi connectivity index (χ3v) is 3.54. The second kappa shape index (κ2) is 6.05. The maximum absolute atomic E-state index is 4.19. The largest absolute Gasteiger partial charge is 0.364 e. The maximum Gasteiger partial charge on any atom is 0.0404 e. The zero-order valence-electron chi connectivity index (χ0n) is 11.6. The molecule has 0 saturated carbocycles. The predicted octanol–water partition coefficient (Wildman–Crippen LogP) is 2.99. The monoisotopic (exact) mass is 244 g/mol. The molecular weight excluding hydrogens is 220 g/mol. The normalized spacial score (nSPS) is 17.9. The van der Waals surface area contributed by atoms with Crippen LogP contribution in [0.1, 0.15) is 25.8 Å². The fourth-order valence-electron chi connectivity index (χ4n) is 2.61. The van der Waals surface area contributed by atoms with Gasteiger partial charge in [0.25, 0.3) is 0 Å². The molecule has 1 atom stereocenters. The number of nitrogens with one attached hydrogen (secondary N) is 1. The Bertz CT molecular complexity index is 411. The van der Waals surface area contributed by atoms with Crippen LogP contribution in [0.4, 0.5) is 5.69 Å². The number of hydrogen-bond acceptors (Lipinski definition) is 2. The molecule has 0 fully saturated rings. The van der Waals surface area contributed by atoms with Crippen molar-refractivity contribution in [1.82, 2.24) is 5.32 Å². The minimum atomic E-state index is 0.588. The minimum absolute atomic E-state index is 0.588. The first-order valence-electron chi connectivity index (χ1n) is 6.94. The Kier molecular flexibility index (Phi) is 4.43. The van der Waals surface area contributed by atoms with Gasteiger partial charge in [0.1, 0.15) is 0 Å². The van der Waals surface area contributed by atoms with Crippen molar-refractivity contribution < 1.29 is 0 Å². The molecule has 18 heavy (non-hydrogen) atoms.